The van der Waals surface area contributed by atoms with Gasteiger partial charge in [0, 0.05) is 5.69 Å². The number of nitrogens with one attached hydrogen (secondary N) is 2. The predicted octanol–water partition coefficient (Wildman–Crippen LogP) is 1.58. The molecule has 22 heavy (non-hydrogen) atoms. The number of carboxylic acid groups (broad SMARTS) is 1. The summed E-state index contributed by atoms with van der Waals surface area (Å²) in [5.41, 5.74) is 6.08. The van der Waals surface area contributed by atoms with E-state index in [9.17, 15) is 9.59 Å². The number of hydrogen-bond acceptors (Lipinski definition) is 4. The van der Waals surface area contributed by atoms with E-state index in [2.05, 4.69) is 10.6 Å². The SMILES string of the molecule is NCCCCCCN[C@H](CC(=O)Nc1ccccc1)C(=O)O. The Labute approximate surface area is 131 Å². The van der Waals surface area contributed by atoms with Gasteiger partial charge in [-0.15, -0.1) is 0 Å². The molecule has 1 aromatic rings. The number of anilines is 1. The molecule has 5 N–H and O–H groups in total. The number of amides is 1. The molecule has 0 radical (unpaired) electrons. The van der Waals surface area contributed by atoms with Crippen molar-refractivity contribution in [1.82, 2.24) is 5.32 Å². The zero-order chi connectivity index (χ0) is 16.2. The van der Waals surface area contributed by atoms with Crippen molar-refractivity contribution in [1.29, 1.82) is 0 Å². The highest BCUT2D eigenvalue weighted by Gasteiger charge is 2.20. The molecule has 0 aliphatic carbocycles. The molecule has 0 spiro atoms. The van der Waals surface area contributed by atoms with Crippen LogP contribution < -0.4 is 16.4 Å². The van der Waals surface area contributed by atoms with E-state index in [4.69, 9.17) is 10.8 Å². The highest BCUT2D eigenvalue weighted by molar-refractivity contribution is 5.93. The quantitative estimate of drug-likeness (QED) is 0.465. The number of para-hydroxylation sites is 1. The molecule has 0 aromatic heterocycles. The Balaban J connectivity index is 2.31. The minimum atomic E-state index is -1.01. The van der Waals surface area contributed by atoms with Gasteiger partial charge in [0.1, 0.15) is 6.04 Å². The van der Waals surface area contributed by atoms with Crippen molar-refractivity contribution >= 4 is 17.6 Å². The standard InChI is InChI=1S/C16H25N3O3/c17-10-6-1-2-7-11-18-14(16(21)22)12-15(20)19-13-8-4-3-5-9-13/h3-5,8-9,14,18H,1-2,6-7,10-12,17H2,(H,19,20)(H,21,22)/t14-/m1/s1. The van der Waals surface area contributed by atoms with Crippen LogP contribution in [0, 0.1) is 0 Å². The van der Waals surface area contributed by atoms with Crippen molar-refractivity contribution < 1.29 is 14.7 Å². The van der Waals surface area contributed by atoms with Crippen LogP contribution in [0.2, 0.25) is 0 Å². The molecule has 1 amide bonds. The van der Waals surface area contributed by atoms with Crippen LogP contribution in [-0.4, -0.2) is 36.1 Å². The molecule has 0 bridgehead atoms. The third-order valence-corrected chi connectivity index (χ3v) is 3.27. The van der Waals surface area contributed by atoms with Crippen LogP contribution in [0.4, 0.5) is 5.69 Å². The van der Waals surface area contributed by atoms with Crippen LogP contribution in [0.1, 0.15) is 32.1 Å². The highest BCUT2D eigenvalue weighted by Crippen LogP contribution is 2.06. The second-order valence-corrected chi connectivity index (χ2v) is 5.17. The number of carbonyl (C=O) groups excluding carboxylic acids is 1. The number of rotatable bonds is 11. The summed E-state index contributed by atoms with van der Waals surface area (Å²) in [6.45, 7) is 1.27. The minimum absolute atomic E-state index is 0.0903. The van der Waals surface area contributed by atoms with Gasteiger partial charge in [0.05, 0.1) is 6.42 Å². The number of benzene rings is 1. The summed E-state index contributed by atoms with van der Waals surface area (Å²) in [6.07, 6.45) is 3.83. The second kappa shape index (κ2) is 10.8. The van der Waals surface area contributed by atoms with Crippen LogP contribution in [0.15, 0.2) is 30.3 Å². The Morgan fingerprint density at radius 1 is 1.09 bits per heavy atom. The fraction of sp³-hybridized carbons (Fsp3) is 0.500. The largest absolute Gasteiger partial charge is 0.480 e. The molecule has 0 saturated carbocycles. The Kier molecular flexibility index (Phi) is 8.86. The van der Waals surface area contributed by atoms with Gasteiger partial charge < -0.3 is 21.5 Å². The molecule has 0 fully saturated rings. The van der Waals surface area contributed by atoms with E-state index in [-0.39, 0.29) is 12.3 Å². The monoisotopic (exact) mass is 307 g/mol. The zero-order valence-corrected chi connectivity index (χ0v) is 12.8. The van der Waals surface area contributed by atoms with Crippen molar-refractivity contribution in [2.45, 2.75) is 38.1 Å². The van der Waals surface area contributed by atoms with E-state index in [1.165, 1.54) is 0 Å². The number of hydrogen-bond donors (Lipinski definition) is 4. The van der Waals surface area contributed by atoms with Crippen molar-refractivity contribution in [2.24, 2.45) is 5.73 Å². The van der Waals surface area contributed by atoms with Crippen LogP contribution in [-0.2, 0) is 9.59 Å². The van der Waals surface area contributed by atoms with Crippen LogP contribution >= 0.6 is 0 Å². The van der Waals surface area contributed by atoms with Gasteiger partial charge in [-0.25, -0.2) is 0 Å². The summed E-state index contributed by atoms with van der Waals surface area (Å²) >= 11 is 0. The van der Waals surface area contributed by atoms with Gasteiger partial charge in [-0.1, -0.05) is 31.0 Å². The molecule has 0 aliphatic heterocycles. The minimum Gasteiger partial charge on any atom is -0.480 e. The van der Waals surface area contributed by atoms with Gasteiger partial charge in [0.15, 0.2) is 0 Å². The lowest BCUT2D eigenvalue weighted by molar-refractivity contribution is -0.141. The van der Waals surface area contributed by atoms with Gasteiger partial charge in [0.25, 0.3) is 0 Å². The first-order chi connectivity index (χ1) is 10.6. The third kappa shape index (κ3) is 7.75. The molecule has 1 atom stereocenters. The molecule has 0 unspecified atom stereocenters. The second-order valence-electron chi connectivity index (χ2n) is 5.17. The molecule has 0 aliphatic rings. The summed E-state index contributed by atoms with van der Waals surface area (Å²) in [4.78, 5) is 23.1. The Bertz CT molecular complexity index is 451. The first-order valence-corrected chi connectivity index (χ1v) is 7.64. The first kappa shape index (κ1) is 18.1. The molecule has 0 heterocycles. The Morgan fingerprint density at radius 3 is 2.41 bits per heavy atom. The molecule has 0 saturated heterocycles. The van der Waals surface area contributed by atoms with E-state index in [1.54, 1.807) is 12.1 Å². The lowest BCUT2D eigenvalue weighted by Gasteiger charge is -2.14. The van der Waals surface area contributed by atoms with Gasteiger partial charge in [0.2, 0.25) is 5.91 Å². The van der Waals surface area contributed by atoms with Gasteiger partial charge in [-0.2, -0.15) is 0 Å². The average Bonchev–Trinajstić information content (AvgIpc) is 2.50. The highest BCUT2D eigenvalue weighted by atomic mass is 16.4. The fourth-order valence-electron chi connectivity index (χ4n) is 2.06. The predicted molar refractivity (Wildman–Crippen MR) is 86.6 cm³/mol. The zero-order valence-electron chi connectivity index (χ0n) is 12.8. The van der Waals surface area contributed by atoms with Crippen molar-refractivity contribution in [3.63, 3.8) is 0 Å². The number of nitrogens with two attached hydrogens (primary N) is 1. The molecule has 6 heteroatoms. The van der Waals surface area contributed by atoms with Gasteiger partial charge >= 0.3 is 5.97 Å². The lowest BCUT2D eigenvalue weighted by atomic mass is 10.1. The van der Waals surface area contributed by atoms with Crippen LogP contribution in [0.25, 0.3) is 0 Å². The molecule has 1 aromatic carbocycles. The number of carbonyl (C=O) groups is 2. The van der Waals surface area contributed by atoms with Crippen molar-refractivity contribution in [3.8, 4) is 0 Å². The smallest absolute Gasteiger partial charge is 0.321 e. The maximum atomic E-state index is 11.9. The Morgan fingerprint density at radius 2 is 1.77 bits per heavy atom. The number of aliphatic carboxylic acids is 1. The topological polar surface area (TPSA) is 104 Å². The fourth-order valence-corrected chi connectivity index (χ4v) is 2.06. The molecule has 1 rings (SSSR count). The van der Waals surface area contributed by atoms with Crippen molar-refractivity contribution in [2.75, 3.05) is 18.4 Å². The first-order valence-electron chi connectivity index (χ1n) is 7.64. The summed E-state index contributed by atoms with van der Waals surface area (Å²) in [7, 11) is 0. The van der Waals surface area contributed by atoms with Gasteiger partial charge in [-0.05, 0) is 38.1 Å². The molecule has 122 valence electrons. The van der Waals surface area contributed by atoms with E-state index in [1.807, 2.05) is 18.2 Å². The van der Waals surface area contributed by atoms with E-state index >= 15 is 0 Å². The maximum Gasteiger partial charge on any atom is 0.321 e. The van der Waals surface area contributed by atoms with E-state index < -0.39 is 12.0 Å². The molecular formula is C16H25N3O3. The lowest BCUT2D eigenvalue weighted by Crippen LogP contribution is -2.40. The summed E-state index contributed by atoms with van der Waals surface area (Å²) in [5, 5.41) is 14.8. The van der Waals surface area contributed by atoms with Crippen molar-refractivity contribution in [3.05, 3.63) is 30.3 Å². The Hall–Kier alpha value is -1.92. The normalized spacial score (nSPS) is 11.9. The summed E-state index contributed by atoms with van der Waals surface area (Å²) in [5.74, 6) is -1.32. The molecule has 6 nitrogen and oxygen atoms in total. The molecular weight excluding hydrogens is 282 g/mol. The average molecular weight is 307 g/mol. The number of carboxylic acids is 1. The summed E-state index contributed by atoms with van der Waals surface area (Å²) < 4.78 is 0. The number of unbranched alkanes of at least 4 members (excludes halogenated alkanes) is 3. The van der Waals surface area contributed by atoms with Crippen LogP contribution in [0.5, 0.6) is 0 Å². The third-order valence-electron chi connectivity index (χ3n) is 3.27. The van der Waals surface area contributed by atoms with Crippen LogP contribution in [0.3, 0.4) is 0 Å². The van der Waals surface area contributed by atoms with E-state index in [0.717, 1.165) is 25.7 Å². The van der Waals surface area contributed by atoms with E-state index in [0.29, 0.717) is 18.8 Å². The summed E-state index contributed by atoms with van der Waals surface area (Å²) in [6, 6.07) is 8.13. The maximum absolute atomic E-state index is 11.9. The van der Waals surface area contributed by atoms with Gasteiger partial charge in [-0.3, -0.25) is 9.59 Å².